The molecule has 1 unspecified atom stereocenters. The number of amides is 4. The quantitative estimate of drug-likeness (QED) is 0.351. The summed E-state index contributed by atoms with van der Waals surface area (Å²) in [6, 6.07) is 19.6. The Balaban J connectivity index is 1.68. The highest BCUT2D eigenvalue weighted by Gasteiger charge is 2.25. The van der Waals surface area contributed by atoms with Crippen molar-refractivity contribution in [2.75, 3.05) is 16.0 Å². The van der Waals surface area contributed by atoms with Crippen LogP contribution in [0.25, 0.3) is 0 Å². The molecule has 0 saturated carbocycles. The smallest absolute Gasteiger partial charge is 0.323 e. The highest BCUT2D eigenvalue weighted by Crippen LogP contribution is 2.22. The van der Waals surface area contributed by atoms with Crippen LogP contribution in [-0.4, -0.2) is 23.9 Å². The summed E-state index contributed by atoms with van der Waals surface area (Å²) in [5.41, 5.74) is 2.94. The van der Waals surface area contributed by atoms with Crippen LogP contribution in [0.4, 0.5) is 21.9 Å². The van der Waals surface area contributed by atoms with Gasteiger partial charge in [0, 0.05) is 27.6 Å². The Kier molecular flexibility index (Phi) is 8.27. The molecule has 0 heterocycles. The molecule has 1 atom stereocenters. The minimum absolute atomic E-state index is 0.158. The molecule has 3 rings (SSSR count). The van der Waals surface area contributed by atoms with Crippen molar-refractivity contribution in [2.24, 2.45) is 5.92 Å². The third kappa shape index (κ3) is 6.83. The van der Waals surface area contributed by atoms with E-state index in [9.17, 15) is 14.4 Å². The van der Waals surface area contributed by atoms with Crippen LogP contribution in [0.3, 0.4) is 0 Å². The van der Waals surface area contributed by atoms with Gasteiger partial charge >= 0.3 is 6.03 Å². The van der Waals surface area contributed by atoms with E-state index in [1.54, 1.807) is 54.6 Å². The van der Waals surface area contributed by atoms with Gasteiger partial charge in [-0.15, -0.1) is 0 Å². The third-order valence-electron chi connectivity index (χ3n) is 5.13. The molecule has 0 bridgehead atoms. The molecule has 0 spiro atoms. The lowest BCUT2D eigenvalue weighted by molar-refractivity contribution is -0.118. The van der Waals surface area contributed by atoms with Crippen LogP contribution >= 0.6 is 11.6 Å². The maximum absolute atomic E-state index is 13.1. The zero-order valence-electron chi connectivity index (χ0n) is 19.2. The molecule has 0 aromatic heterocycles. The number of rotatable bonds is 7. The van der Waals surface area contributed by atoms with Crippen LogP contribution in [0.15, 0.2) is 72.8 Å². The molecule has 8 heteroatoms. The van der Waals surface area contributed by atoms with Crippen LogP contribution in [0.5, 0.6) is 0 Å². The second-order valence-corrected chi connectivity index (χ2v) is 8.60. The largest absolute Gasteiger partial charge is 0.340 e. The molecular formula is C26H27ClN4O3. The summed E-state index contributed by atoms with van der Waals surface area (Å²) in [6.45, 7) is 5.55. The van der Waals surface area contributed by atoms with Gasteiger partial charge in [-0.3, -0.25) is 9.59 Å². The maximum atomic E-state index is 13.1. The van der Waals surface area contributed by atoms with Gasteiger partial charge in [0.15, 0.2) is 0 Å². The Hall–Kier alpha value is -3.84. The minimum Gasteiger partial charge on any atom is -0.340 e. The average Bonchev–Trinajstić information content (AvgIpc) is 2.80. The van der Waals surface area contributed by atoms with Crippen molar-refractivity contribution in [3.8, 4) is 0 Å². The molecule has 0 radical (unpaired) electrons. The number of carbonyl (C=O) groups is 3. The van der Waals surface area contributed by atoms with E-state index in [4.69, 9.17) is 11.6 Å². The molecule has 176 valence electrons. The first-order chi connectivity index (χ1) is 16.2. The summed E-state index contributed by atoms with van der Waals surface area (Å²) in [5, 5.41) is 11.7. The zero-order chi connectivity index (χ0) is 24.7. The highest BCUT2D eigenvalue weighted by atomic mass is 35.5. The van der Waals surface area contributed by atoms with E-state index in [1.807, 2.05) is 39.0 Å². The predicted octanol–water partition coefficient (Wildman–Crippen LogP) is 5.69. The Morgan fingerprint density at radius 2 is 1.44 bits per heavy atom. The Morgan fingerprint density at radius 1 is 0.794 bits per heavy atom. The van der Waals surface area contributed by atoms with Gasteiger partial charge in [-0.25, -0.2) is 4.79 Å². The van der Waals surface area contributed by atoms with Crippen molar-refractivity contribution in [3.63, 3.8) is 0 Å². The van der Waals surface area contributed by atoms with Gasteiger partial charge in [0.05, 0.1) is 0 Å². The van der Waals surface area contributed by atoms with Gasteiger partial charge in [-0.1, -0.05) is 49.7 Å². The van der Waals surface area contributed by atoms with Gasteiger partial charge in [0.25, 0.3) is 5.91 Å². The molecule has 7 nitrogen and oxygen atoms in total. The lowest BCUT2D eigenvalue weighted by atomic mass is 10.0. The van der Waals surface area contributed by atoms with Crippen molar-refractivity contribution >= 4 is 46.5 Å². The van der Waals surface area contributed by atoms with E-state index in [1.165, 1.54) is 0 Å². The second-order valence-electron chi connectivity index (χ2n) is 8.17. The second kappa shape index (κ2) is 11.3. The van der Waals surface area contributed by atoms with Crippen LogP contribution < -0.4 is 21.3 Å². The van der Waals surface area contributed by atoms with E-state index in [0.29, 0.717) is 27.6 Å². The molecule has 0 fully saturated rings. The van der Waals surface area contributed by atoms with Crippen molar-refractivity contribution in [3.05, 3.63) is 88.9 Å². The summed E-state index contributed by atoms with van der Waals surface area (Å²) in [6.07, 6.45) is 0. The van der Waals surface area contributed by atoms with Gasteiger partial charge in [-0.2, -0.15) is 0 Å². The number of para-hydroxylation sites is 1. The monoisotopic (exact) mass is 478 g/mol. The predicted molar refractivity (Wildman–Crippen MR) is 136 cm³/mol. The molecule has 0 aliphatic rings. The topological polar surface area (TPSA) is 99.3 Å². The number of benzene rings is 3. The summed E-state index contributed by atoms with van der Waals surface area (Å²) in [7, 11) is 0. The Labute approximate surface area is 203 Å². The Morgan fingerprint density at radius 3 is 2.09 bits per heavy atom. The first-order valence-electron chi connectivity index (χ1n) is 10.8. The zero-order valence-corrected chi connectivity index (χ0v) is 19.9. The average molecular weight is 479 g/mol. The molecule has 34 heavy (non-hydrogen) atoms. The number of carbonyl (C=O) groups excluding carboxylic acids is 3. The summed E-state index contributed by atoms with van der Waals surface area (Å²) < 4.78 is 0. The normalized spacial score (nSPS) is 11.4. The van der Waals surface area contributed by atoms with Gasteiger partial charge in [0.2, 0.25) is 5.91 Å². The van der Waals surface area contributed by atoms with Crippen LogP contribution in [0, 0.1) is 12.8 Å². The van der Waals surface area contributed by atoms with Gasteiger partial charge in [-0.05, 0) is 66.9 Å². The summed E-state index contributed by atoms with van der Waals surface area (Å²) >= 11 is 5.89. The molecule has 3 aromatic rings. The van der Waals surface area contributed by atoms with E-state index in [0.717, 1.165) is 5.56 Å². The Bertz CT molecular complexity index is 1160. The van der Waals surface area contributed by atoms with E-state index >= 15 is 0 Å². The molecule has 4 amide bonds. The van der Waals surface area contributed by atoms with Crippen LogP contribution in [0.1, 0.15) is 29.8 Å². The number of hydrogen-bond acceptors (Lipinski definition) is 3. The number of aryl methyl sites for hydroxylation is 1. The first kappa shape index (κ1) is 24.8. The fourth-order valence-corrected chi connectivity index (χ4v) is 3.35. The molecule has 0 aliphatic heterocycles. The molecule has 3 aromatic carbocycles. The number of halogens is 1. The number of anilines is 3. The molecule has 4 N–H and O–H groups in total. The fourth-order valence-electron chi connectivity index (χ4n) is 3.22. The summed E-state index contributed by atoms with van der Waals surface area (Å²) in [5.74, 6) is -0.879. The lowest BCUT2D eigenvalue weighted by Crippen LogP contribution is -2.47. The molecule has 0 saturated heterocycles. The summed E-state index contributed by atoms with van der Waals surface area (Å²) in [4.78, 5) is 38.0. The van der Waals surface area contributed by atoms with Crippen LogP contribution in [0.2, 0.25) is 5.02 Å². The maximum Gasteiger partial charge on any atom is 0.323 e. The van der Waals surface area contributed by atoms with E-state index in [-0.39, 0.29) is 17.7 Å². The number of hydrogen-bond donors (Lipinski definition) is 4. The number of urea groups is 1. The lowest BCUT2D eigenvalue weighted by Gasteiger charge is -2.22. The van der Waals surface area contributed by atoms with Crippen LogP contribution in [-0.2, 0) is 4.79 Å². The minimum atomic E-state index is -0.763. The standard InChI is InChI=1S/C26H27ClN4O3/c1-16(2)23(31-24(32)18-10-12-19(27)13-11-18)25(33)30-22-15-21(14-9-17(22)3)29-26(34)28-20-7-5-4-6-8-20/h4-16,23H,1-3H3,(H,30,33)(H,31,32)(H2,28,29,34). The van der Waals surface area contributed by atoms with Gasteiger partial charge in [0.1, 0.15) is 6.04 Å². The SMILES string of the molecule is Cc1ccc(NC(=O)Nc2ccccc2)cc1NC(=O)C(NC(=O)c1ccc(Cl)cc1)C(C)C. The van der Waals surface area contributed by atoms with Gasteiger partial charge < -0.3 is 21.3 Å². The third-order valence-corrected chi connectivity index (χ3v) is 5.38. The van der Waals surface area contributed by atoms with Crippen molar-refractivity contribution in [1.29, 1.82) is 0 Å². The highest BCUT2D eigenvalue weighted by molar-refractivity contribution is 6.30. The fraction of sp³-hybridized carbons (Fsp3) is 0.192. The molecule has 0 aliphatic carbocycles. The number of nitrogens with one attached hydrogen (secondary N) is 4. The van der Waals surface area contributed by atoms with E-state index < -0.39 is 12.1 Å². The molecular weight excluding hydrogens is 452 g/mol. The van der Waals surface area contributed by atoms with Crippen molar-refractivity contribution in [1.82, 2.24) is 5.32 Å². The van der Waals surface area contributed by atoms with E-state index in [2.05, 4.69) is 21.3 Å². The van der Waals surface area contributed by atoms with Crippen molar-refractivity contribution in [2.45, 2.75) is 26.8 Å². The first-order valence-corrected chi connectivity index (χ1v) is 11.2. The van der Waals surface area contributed by atoms with Crippen molar-refractivity contribution < 1.29 is 14.4 Å².